The Morgan fingerprint density at radius 3 is 2.80 bits per heavy atom. The van der Waals surface area contributed by atoms with Crippen molar-refractivity contribution in [3.63, 3.8) is 0 Å². The summed E-state index contributed by atoms with van der Waals surface area (Å²) in [4.78, 5) is 4.67. The number of rotatable bonds is 8. The largest absolute Gasteiger partial charge is 0.399 e. The van der Waals surface area contributed by atoms with E-state index in [4.69, 9.17) is 16.3 Å². The van der Waals surface area contributed by atoms with Crippen molar-refractivity contribution in [1.29, 1.82) is 0 Å². The van der Waals surface area contributed by atoms with E-state index in [0.717, 1.165) is 11.3 Å². The summed E-state index contributed by atoms with van der Waals surface area (Å²) in [5.74, 6) is 0. The van der Waals surface area contributed by atoms with Gasteiger partial charge in [0.2, 0.25) is 0 Å². The van der Waals surface area contributed by atoms with Crippen molar-refractivity contribution in [3.8, 4) is 0 Å². The molecule has 1 N–H and O–H groups in total. The Morgan fingerprint density at radius 2 is 2.20 bits per heavy atom. The molecule has 0 aliphatic carbocycles. The molecule has 1 aromatic heterocycles. The van der Waals surface area contributed by atoms with E-state index in [2.05, 4.69) is 14.7 Å². The van der Waals surface area contributed by atoms with Gasteiger partial charge in [0.05, 0.1) is 10.0 Å². The zero-order valence-corrected chi connectivity index (χ0v) is 13.9. The highest BCUT2D eigenvalue weighted by molar-refractivity contribution is 7.91. The summed E-state index contributed by atoms with van der Waals surface area (Å²) in [5.41, 5.74) is 0.897. The summed E-state index contributed by atoms with van der Waals surface area (Å²) in [6.07, 6.45) is 0.593. The van der Waals surface area contributed by atoms with E-state index in [1.54, 1.807) is 20.1 Å². The predicted molar refractivity (Wildman–Crippen MR) is 80.2 cm³/mol. The quantitative estimate of drug-likeness (QED) is 0.446. The first-order valence-corrected chi connectivity index (χ1v) is 8.46. The molecule has 1 heterocycles. The summed E-state index contributed by atoms with van der Waals surface area (Å²) in [7, 11) is -0.659. The standard InChI is InChI=1S/C11H17ClN2O4S2/c1-8(14-18-3)9-7-10(12)19-11(9)20(15,16)13-5-4-6-17-2/h7,13H,4-6H2,1-3H3/b14-8+. The maximum atomic E-state index is 12.2. The molecule has 0 fully saturated rings. The fourth-order valence-electron chi connectivity index (χ4n) is 1.47. The number of nitrogens with one attached hydrogen (secondary N) is 1. The fraction of sp³-hybridized carbons (Fsp3) is 0.545. The highest BCUT2D eigenvalue weighted by Crippen LogP contribution is 2.31. The molecule has 0 aliphatic heterocycles. The van der Waals surface area contributed by atoms with Crippen molar-refractivity contribution >= 4 is 38.7 Å². The number of hydrogen-bond donors (Lipinski definition) is 1. The summed E-state index contributed by atoms with van der Waals surface area (Å²) < 4.78 is 32.4. The van der Waals surface area contributed by atoms with Crippen LogP contribution in [0.3, 0.4) is 0 Å². The third-order valence-corrected chi connectivity index (χ3v) is 5.61. The Balaban J connectivity index is 2.97. The zero-order valence-electron chi connectivity index (χ0n) is 11.5. The average molecular weight is 341 g/mol. The molecule has 0 aliphatic rings. The van der Waals surface area contributed by atoms with Gasteiger partial charge >= 0.3 is 0 Å². The molecule has 0 saturated heterocycles. The van der Waals surface area contributed by atoms with E-state index < -0.39 is 10.0 Å². The summed E-state index contributed by atoms with van der Waals surface area (Å²) in [5, 5.41) is 3.74. The molecule has 0 bridgehead atoms. The van der Waals surface area contributed by atoms with Crippen molar-refractivity contribution in [2.24, 2.45) is 5.16 Å². The van der Waals surface area contributed by atoms with E-state index >= 15 is 0 Å². The minimum Gasteiger partial charge on any atom is -0.399 e. The van der Waals surface area contributed by atoms with Crippen molar-refractivity contribution in [3.05, 3.63) is 16.0 Å². The minimum absolute atomic E-state index is 0.137. The molecular formula is C11H17ClN2O4S2. The van der Waals surface area contributed by atoms with Gasteiger partial charge in [0.1, 0.15) is 11.3 Å². The fourth-order valence-corrected chi connectivity index (χ4v) is 4.55. The van der Waals surface area contributed by atoms with Gasteiger partial charge in [-0.2, -0.15) is 0 Å². The van der Waals surface area contributed by atoms with E-state index in [0.29, 0.717) is 35.2 Å². The van der Waals surface area contributed by atoms with Crippen LogP contribution in [-0.4, -0.2) is 41.5 Å². The number of hydrogen-bond acceptors (Lipinski definition) is 6. The summed E-state index contributed by atoms with van der Waals surface area (Å²) >= 11 is 6.90. The second kappa shape index (κ2) is 7.94. The highest BCUT2D eigenvalue weighted by Gasteiger charge is 2.23. The van der Waals surface area contributed by atoms with Gasteiger partial charge in [-0.3, -0.25) is 0 Å². The van der Waals surface area contributed by atoms with Crippen LogP contribution in [0.15, 0.2) is 15.4 Å². The van der Waals surface area contributed by atoms with Crippen LogP contribution in [0.4, 0.5) is 0 Å². The van der Waals surface area contributed by atoms with Gasteiger partial charge in [-0.1, -0.05) is 16.8 Å². The maximum Gasteiger partial charge on any atom is 0.250 e. The van der Waals surface area contributed by atoms with Gasteiger partial charge in [-0.15, -0.1) is 11.3 Å². The van der Waals surface area contributed by atoms with Crippen LogP contribution in [-0.2, 0) is 19.6 Å². The van der Waals surface area contributed by atoms with Crippen LogP contribution in [0.25, 0.3) is 0 Å². The van der Waals surface area contributed by atoms with Crippen LogP contribution >= 0.6 is 22.9 Å². The maximum absolute atomic E-state index is 12.2. The Morgan fingerprint density at radius 1 is 1.50 bits per heavy atom. The monoisotopic (exact) mass is 340 g/mol. The number of nitrogens with zero attached hydrogens (tertiary/aromatic N) is 1. The van der Waals surface area contributed by atoms with Crippen molar-refractivity contribution < 1.29 is 18.0 Å². The number of sulfonamides is 1. The number of oxime groups is 1. The lowest BCUT2D eigenvalue weighted by Gasteiger charge is -2.06. The molecule has 0 atom stereocenters. The van der Waals surface area contributed by atoms with Gasteiger partial charge in [0.15, 0.2) is 0 Å². The molecule has 9 heteroatoms. The summed E-state index contributed by atoms with van der Waals surface area (Å²) in [6.45, 7) is 2.45. The number of halogens is 1. The lowest BCUT2D eigenvalue weighted by molar-refractivity contribution is 0.196. The molecule has 0 radical (unpaired) electrons. The molecule has 0 unspecified atom stereocenters. The SMILES string of the molecule is COCCCNS(=O)(=O)c1sc(Cl)cc1/C(C)=N/OC. The van der Waals surface area contributed by atoms with Gasteiger partial charge in [-0.05, 0) is 19.4 Å². The van der Waals surface area contributed by atoms with E-state index in [9.17, 15) is 8.42 Å². The Hall–Kier alpha value is -0.670. The number of ether oxygens (including phenoxy) is 1. The predicted octanol–water partition coefficient (Wildman–Crippen LogP) is 2.09. The molecule has 6 nitrogen and oxygen atoms in total. The lowest BCUT2D eigenvalue weighted by atomic mass is 10.2. The van der Waals surface area contributed by atoms with Gasteiger partial charge in [0, 0.05) is 25.8 Å². The minimum atomic E-state index is -3.62. The van der Waals surface area contributed by atoms with Crippen LogP contribution in [0.1, 0.15) is 18.9 Å². The second-order valence-corrected chi connectivity index (χ2v) is 7.50. The first-order chi connectivity index (χ1) is 9.42. The van der Waals surface area contributed by atoms with Gasteiger partial charge < -0.3 is 9.57 Å². The topological polar surface area (TPSA) is 77.0 Å². The Bertz CT molecular complexity index is 569. The smallest absolute Gasteiger partial charge is 0.250 e. The first kappa shape index (κ1) is 17.4. The molecule has 0 aromatic carbocycles. The molecule has 0 saturated carbocycles. The van der Waals surface area contributed by atoms with E-state index in [1.807, 2.05) is 0 Å². The van der Waals surface area contributed by atoms with Crippen LogP contribution < -0.4 is 4.72 Å². The zero-order chi connectivity index (χ0) is 15.2. The first-order valence-electron chi connectivity index (χ1n) is 5.78. The molecule has 20 heavy (non-hydrogen) atoms. The molecule has 0 spiro atoms. The second-order valence-electron chi connectivity index (χ2n) is 3.86. The molecule has 1 aromatic rings. The van der Waals surface area contributed by atoms with Crippen LogP contribution in [0.2, 0.25) is 4.34 Å². The number of thiophene rings is 1. The van der Waals surface area contributed by atoms with Gasteiger partial charge in [-0.25, -0.2) is 13.1 Å². The van der Waals surface area contributed by atoms with Crippen molar-refractivity contribution in [2.45, 2.75) is 17.6 Å². The number of methoxy groups -OCH3 is 1. The Kier molecular flexibility index (Phi) is 6.90. The van der Waals surface area contributed by atoms with Crippen molar-refractivity contribution in [1.82, 2.24) is 4.72 Å². The van der Waals surface area contributed by atoms with Gasteiger partial charge in [0.25, 0.3) is 10.0 Å². The third-order valence-electron chi connectivity index (χ3n) is 2.35. The molecule has 0 amide bonds. The normalized spacial score (nSPS) is 12.7. The van der Waals surface area contributed by atoms with Crippen LogP contribution in [0, 0.1) is 0 Å². The molecular weight excluding hydrogens is 324 g/mol. The Labute approximate surface area is 127 Å². The third kappa shape index (κ3) is 4.71. The molecule has 1 rings (SSSR count). The van der Waals surface area contributed by atoms with Crippen molar-refractivity contribution in [2.75, 3.05) is 27.4 Å². The molecule has 114 valence electrons. The van der Waals surface area contributed by atoms with E-state index in [-0.39, 0.29) is 4.21 Å². The lowest BCUT2D eigenvalue weighted by Crippen LogP contribution is -2.26. The van der Waals surface area contributed by atoms with Crippen LogP contribution in [0.5, 0.6) is 0 Å². The average Bonchev–Trinajstić information content (AvgIpc) is 2.78. The highest BCUT2D eigenvalue weighted by atomic mass is 35.5. The summed E-state index contributed by atoms with van der Waals surface area (Å²) in [6, 6.07) is 1.56. The van der Waals surface area contributed by atoms with E-state index in [1.165, 1.54) is 7.11 Å².